The number of amides is 1. The van der Waals surface area contributed by atoms with Crippen LogP contribution in [-0.4, -0.2) is 28.6 Å². The third-order valence-corrected chi connectivity index (χ3v) is 3.55. The summed E-state index contributed by atoms with van der Waals surface area (Å²) in [6.07, 6.45) is 0.771. The zero-order valence-corrected chi connectivity index (χ0v) is 11.7. The number of aliphatic carboxylic acids is 1. The topological polar surface area (TPSA) is 75.6 Å². The van der Waals surface area contributed by atoms with Gasteiger partial charge in [-0.2, -0.15) is 0 Å². The van der Waals surface area contributed by atoms with Gasteiger partial charge in [-0.05, 0) is 37.8 Å². The molecule has 1 saturated carbocycles. The van der Waals surface area contributed by atoms with Gasteiger partial charge >= 0.3 is 5.97 Å². The molecule has 1 amide bonds. The first kappa shape index (κ1) is 14.4. The van der Waals surface area contributed by atoms with Crippen molar-refractivity contribution in [2.45, 2.75) is 44.8 Å². The molecule has 0 saturated heterocycles. The van der Waals surface area contributed by atoms with Gasteiger partial charge in [0.2, 0.25) is 0 Å². The van der Waals surface area contributed by atoms with E-state index in [9.17, 15) is 9.59 Å². The molecular formula is C15H19NO4. The molecule has 0 bridgehead atoms. The zero-order valence-electron chi connectivity index (χ0n) is 11.7. The lowest BCUT2D eigenvalue weighted by molar-refractivity contribution is -0.144. The lowest BCUT2D eigenvalue weighted by Gasteiger charge is -2.21. The third-order valence-electron chi connectivity index (χ3n) is 3.55. The number of ether oxygens (including phenoxy) is 1. The number of aryl methyl sites for hydroxylation is 1. The average molecular weight is 277 g/mol. The molecule has 1 atom stereocenters. The molecule has 2 N–H and O–H groups in total. The normalized spacial score (nSPS) is 17.1. The van der Waals surface area contributed by atoms with Crippen LogP contribution in [-0.2, 0) is 9.59 Å². The van der Waals surface area contributed by atoms with Crippen molar-refractivity contribution in [3.8, 4) is 5.75 Å². The van der Waals surface area contributed by atoms with E-state index in [1.54, 1.807) is 6.07 Å². The lowest BCUT2D eigenvalue weighted by Crippen LogP contribution is -2.48. The van der Waals surface area contributed by atoms with Crippen molar-refractivity contribution in [1.82, 2.24) is 5.32 Å². The lowest BCUT2D eigenvalue weighted by atomic mass is 10.2. The van der Waals surface area contributed by atoms with E-state index in [0.29, 0.717) is 25.0 Å². The highest BCUT2D eigenvalue weighted by atomic mass is 16.5. The molecule has 1 aromatic rings. The largest absolute Gasteiger partial charge is 0.480 e. The van der Waals surface area contributed by atoms with E-state index in [1.165, 1.54) is 0 Å². The van der Waals surface area contributed by atoms with Gasteiger partial charge in [-0.1, -0.05) is 25.1 Å². The van der Waals surface area contributed by atoms with Crippen molar-refractivity contribution in [2.24, 2.45) is 0 Å². The monoisotopic (exact) mass is 277 g/mol. The summed E-state index contributed by atoms with van der Waals surface area (Å²) in [5.41, 5.74) is -0.127. The number of carboxylic acids is 1. The van der Waals surface area contributed by atoms with Crippen molar-refractivity contribution in [1.29, 1.82) is 0 Å². The number of carbonyl (C=O) groups is 2. The second-order valence-electron chi connectivity index (χ2n) is 5.16. The molecule has 0 heterocycles. The van der Waals surface area contributed by atoms with Gasteiger partial charge in [0.05, 0.1) is 0 Å². The zero-order chi connectivity index (χ0) is 14.8. The van der Waals surface area contributed by atoms with Crippen LogP contribution in [0.1, 0.15) is 31.7 Å². The smallest absolute Gasteiger partial charge is 0.329 e. The molecule has 1 unspecified atom stereocenters. The second-order valence-corrected chi connectivity index (χ2v) is 5.16. The quantitative estimate of drug-likeness (QED) is 0.832. The number of benzene rings is 1. The maximum absolute atomic E-state index is 12.2. The van der Waals surface area contributed by atoms with E-state index >= 15 is 0 Å². The average Bonchev–Trinajstić information content (AvgIpc) is 3.18. The summed E-state index contributed by atoms with van der Waals surface area (Å²) in [6.45, 7) is 3.74. The standard InChI is InChI=1S/C15H19NO4/c1-3-11(20-12-7-5-4-6-10(12)2)13(17)16-15(8-9-15)14(18)19/h4-7,11H,3,8-9H2,1-2H3,(H,16,17)(H,18,19). The van der Waals surface area contributed by atoms with Crippen molar-refractivity contribution in [3.63, 3.8) is 0 Å². The van der Waals surface area contributed by atoms with Crippen molar-refractivity contribution < 1.29 is 19.4 Å². The minimum atomic E-state index is -1.07. The highest BCUT2D eigenvalue weighted by Crippen LogP contribution is 2.35. The van der Waals surface area contributed by atoms with Gasteiger partial charge in [0, 0.05) is 0 Å². The minimum Gasteiger partial charge on any atom is -0.480 e. The molecule has 1 fully saturated rings. The Morgan fingerprint density at radius 2 is 2.05 bits per heavy atom. The molecule has 0 aromatic heterocycles. The summed E-state index contributed by atoms with van der Waals surface area (Å²) in [5.74, 6) is -0.693. The molecular weight excluding hydrogens is 258 g/mol. The van der Waals surface area contributed by atoms with Crippen LogP contribution >= 0.6 is 0 Å². The number of rotatable bonds is 6. The van der Waals surface area contributed by atoms with Gasteiger partial charge in [-0.15, -0.1) is 0 Å². The second kappa shape index (κ2) is 5.53. The van der Waals surface area contributed by atoms with Crippen LogP contribution in [0.25, 0.3) is 0 Å². The van der Waals surface area contributed by atoms with Crippen LogP contribution in [0.4, 0.5) is 0 Å². The predicted molar refractivity (Wildman–Crippen MR) is 73.6 cm³/mol. The van der Waals surface area contributed by atoms with E-state index in [0.717, 1.165) is 5.56 Å². The van der Waals surface area contributed by atoms with Gasteiger partial charge in [0.15, 0.2) is 6.10 Å². The Bertz CT molecular complexity index is 522. The Balaban J connectivity index is 2.03. The van der Waals surface area contributed by atoms with E-state index in [-0.39, 0.29) is 5.91 Å². The fraction of sp³-hybridized carbons (Fsp3) is 0.467. The Kier molecular flexibility index (Phi) is 3.97. The molecule has 108 valence electrons. The van der Waals surface area contributed by atoms with Crippen LogP contribution < -0.4 is 10.1 Å². The highest BCUT2D eigenvalue weighted by Gasteiger charge is 2.52. The maximum Gasteiger partial charge on any atom is 0.329 e. The number of carbonyl (C=O) groups excluding carboxylic acids is 1. The number of nitrogens with one attached hydrogen (secondary N) is 1. The van der Waals surface area contributed by atoms with Gasteiger partial charge < -0.3 is 15.2 Å². The fourth-order valence-electron chi connectivity index (χ4n) is 2.00. The maximum atomic E-state index is 12.2. The van der Waals surface area contributed by atoms with Gasteiger partial charge in [-0.3, -0.25) is 4.79 Å². The van der Waals surface area contributed by atoms with Crippen molar-refractivity contribution in [3.05, 3.63) is 29.8 Å². The van der Waals surface area contributed by atoms with Gasteiger partial charge in [0.1, 0.15) is 11.3 Å². The van der Waals surface area contributed by atoms with Crippen LogP contribution in [0.2, 0.25) is 0 Å². The van der Waals surface area contributed by atoms with E-state index in [2.05, 4.69) is 5.32 Å². The van der Waals surface area contributed by atoms with Crippen molar-refractivity contribution >= 4 is 11.9 Å². The fourth-order valence-corrected chi connectivity index (χ4v) is 2.00. The van der Waals surface area contributed by atoms with Crippen molar-refractivity contribution in [2.75, 3.05) is 0 Å². The molecule has 0 aliphatic heterocycles. The molecule has 5 heteroatoms. The summed E-state index contributed by atoms with van der Waals surface area (Å²) >= 11 is 0. The van der Waals surface area contributed by atoms with E-state index < -0.39 is 17.6 Å². The Labute approximate surface area is 117 Å². The van der Waals surface area contributed by atoms with Crippen LogP contribution in [0.3, 0.4) is 0 Å². The molecule has 0 radical (unpaired) electrons. The predicted octanol–water partition coefficient (Wildman–Crippen LogP) is 1.89. The molecule has 5 nitrogen and oxygen atoms in total. The molecule has 0 spiro atoms. The summed E-state index contributed by atoms with van der Waals surface area (Å²) in [4.78, 5) is 23.2. The number of hydrogen-bond donors (Lipinski definition) is 2. The summed E-state index contributed by atoms with van der Waals surface area (Å²) in [7, 11) is 0. The number of carboxylic acid groups (broad SMARTS) is 1. The minimum absolute atomic E-state index is 0.365. The summed E-state index contributed by atoms with van der Waals surface area (Å²) in [6, 6.07) is 7.44. The van der Waals surface area contributed by atoms with Gasteiger partial charge in [-0.25, -0.2) is 4.79 Å². The van der Waals surface area contributed by atoms with Crippen LogP contribution in [0.5, 0.6) is 5.75 Å². The Hall–Kier alpha value is -2.04. The van der Waals surface area contributed by atoms with Crippen LogP contribution in [0, 0.1) is 6.92 Å². The number of hydrogen-bond acceptors (Lipinski definition) is 3. The first-order valence-electron chi connectivity index (χ1n) is 6.76. The summed E-state index contributed by atoms with van der Waals surface area (Å²) in [5, 5.41) is 11.7. The third kappa shape index (κ3) is 2.92. The van der Waals surface area contributed by atoms with E-state index in [4.69, 9.17) is 9.84 Å². The van der Waals surface area contributed by atoms with Gasteiger partial charge in [0.25, 0.3) is 5.91 Å². The first-order chi connectivity index (χ1) is 9.48. The summed E-state index contributed by atoms with van der Waals surface area (Å²) < 4.78 is 5.70. The Morgan fingerprint density at radius 3 is 2.55 bits per heavy atom. The molecule has 1 aromatic carbocycles. The first-order valence-corrected chi connectivity index (χ1v) is 6.76. The SMILES string of the molecule is CCC(Oc1ccccc1C)C(=O)NC1(C(=O)O)CC1. The molecule has 1 aliphatic carbocycles. The molecule has 1 aliphatic rings. The highest BCUT2D eigenvalue weighted by molar-refractivity contribution is 5.91. The molecule has 2 rings (SSSR count). The molecule has 20 heavy (non-hydrogen) atoms. The van der Waals surface area contributed by atoms with Crippen LogP contribution in [0.15, 0.2) is 24.3 Å². The van der Waals surface area contributed by atoms with E-state index in [1.807, 2.05) is 32.0 Å². The number of para-hydroxylation sites is 1. The Morgan fingerprint density at radius 1 is 1.40 bits per heavy atom.